The summed E-state index contributed by atoms with van der Waals surface area (Å²) in [6, 6.07) is 3.47. The van der Waals surface area contributed by atoms with Gasteiger partial charge in [0.15, 0.2) is 0 Å². The summed E-state index contributed by atoms with van der Waals surface area (Å²) in [6.45, 7) is -1.50. The van der Waals surface area contributed by atoms with Crippen molar-refractivity contribution in [1.29, 1.82) is 0 Å². The summed E-state index contributed by atoms with van der Waals surface area (Å²) in [6.07, 6.45) is 2.06. The summed E-state index contributed by atoms with van der Waals surface area (Å²) in [5.74, 6) is 1.13. The van der Waals surface area contributed by atoms with Crippen molar-refractivity contribution in [2.75, 3.05) is 27.3 Å². The second kappa shape index (κ2) is 6.67. The number of hydrogen-bond acceptors (Lipinski definition) is 4. The minimum absolute atomic E-state index is 0.227. The van der Waals surface area contributed by atoms with Crippen LogP contribution in [0.3, 0.4) is 0 Å². The average molecular weight is 285 g/mol. The van der Waals surface area contributed by atoms with E-state index in [1.165, 1.54) is 7.11 Å². The van der Waals surface area contributed by atoms with Crippen LogP contribution in [0.2, 0.25) is 0 Å². The van der Waals surface area contributed by atoms with Gasteiger partial charge in [0.05, 0.1) is 20.8 Å². The zero-order chi connectivity index (χ0) is 14.5. The monoisotopic (exact) mass is 285 g/mol. The first-order valence-corrected chi connectivity index (χ1v) is 6.20. The van der Waals surface area contributed by atoms with Gasteiger partial charge in [0.2, 0.25) is 0 Å². The largest absolute Gasteiger partial charge is 0.496 e. The van der Waals surface area contributed by atoms with E-state index in [0.717, 1.165) is 24.2 Å². The molecular formula is C14H17F2NO3. The number of benzene rings is 1. The van der Waals surface area contributed by atoms with Gasteiger partial charge in [-0.2, -0.15) is 8.78 Å². The summed E-state index contributed by atoms with van der Waals surface area (Å²) >= 11 is 0. The first kappa shape index (κ1) is 14.7. The Morgan fingerprint density at radius 2 is 1.95 bits per heavy atom. The minimum Gasteiger partial charge on any atom is -0.496 e. The molecule has 1 aromatic rings. The zero-order valence-electron chi connectivity index (χ0n) is 11.4. The SMILES string of the molecule is COc1cc(C2=CCNC2)c(OC)cc1COC(F)F. The van der Waals surface area contributed by atoms with Crippen molar-refractivity contribution >= 4 is 5.57 Å². The maximum atomic E-state index is 12.2. The second-order valence-electron chi connectivity index (χ2n) is 4.30. The molecule has 0 spiro atoms. The normalized spacial score (nSPS) is 14.6. The van der Waals surface area contributed by atoms with Gasteiger partial charge in [0.1, 0.15) is 11.5 Å². The highest BCUT2D eigenvalue weighted by Gasteiger charge is 2.17. The highest BCUT2D eigenvalue weighted by molar-refractivity contribution is 5.75. The van der Waals surface area contributed by atoms with E-state index < -0.39 is 6.61 Å². The fourth-order valence-corrected chi connectivity index (χ4v) is 2.16. The summed E-state index contributed by atoms with van der Waals surface area (Å²) in [5, 5.41) is 3.20. The number of methoxy groups -OCH3 is 2. The van der Waals surface area contributed by atoms with Crippen LogP contribution in [0.4, 0.5) is 8.78 Å². The Morgan fingerprint density at radius 3 is 2.50 bits per heavy atom. The Bertz CT molecular complexity index is 503. The molecular weight excluding hydrogens is 268 g/mol. The molecule has 0 bridgehead atoms. The highest BCUT2D eigenvalue weighted by atomic mass is 19.3. The standard InChI is InChI=1S/C14H17F2NO3/c1-18-12-6-11(9-3-4-17-7-9)13(19-2)5-10(12)8-20-14(15)16/h3,5-6,14,17H,4,7-8H2,1-2H3. The molecule has 1 aliphatic rings. The predicted molar refractivity (Wildman–Crippen MR) is 71.2 cm³/mol. The van der Waals surface area contributed by atoms with Gasteiger partial charge in [-0.05, 0) is 17.7 Å². The first-order valence-electron chi connectivity index (χ1n) is 6.20. The van der Waals surface area contributed by atoms with Crippen LogP contribution in [0, 0.1) is 0 Å². The maximum absolute atomic E-state index is 12.2. The molecule has 20 heavy (non-hydrogen) atoms. The number of halogens is 2. The smallest absolute Gasteiger partial charge is 0.345 e. The van der Waals surface area contributed by atoms with Crippen molar-refractivity contribution in [3.05, 3.63) is 29.3 Å². The number of ether oxygens (including phenoxy) is 3. The Morgan fingerprint density at radius 1 is 1.20 bits per heavy atom. The Hall–Kier alpha value is -1.66. The lowest BCUT2D eigenvalue weighted by molar-refractivity contribution is -0.137. The van der Waals surface area contributed by atoms with E-state index in [1.807, 2.05) is 0 Å². The molecule has 2 rings (SSSR count). The van der Waals surface area contributed by atoms with E-state index >= 15 is 0 Å². The lowest BCUT2D eigenvalue weighted by Crippen LogP contribution is -2.08. The van der Waals surface area contributed by atoms with E-state index in [-0.39, 0.29) is 6.61 Å². The van der Waals surface area contributed by atoms with E-state index in [0.29, 0.717) is 17.1 Å². The Balaban J connectivity index is 2.34. The molecule has 0 radical (unpaired) electrons. The molecule has 4 nitrogen and oxygen atoms in total. The molecule has 110 valence electrons. The topological polar surface area (TPSA) is 39.7 Å². The van der Waals surface area contributed by atoms with Crippen LogP contribution >= 0.6 is 0 Å². The van der Waals surface area contributed by atoms with Crippen LogP contribution in [-0.2, 0) is 11.3 Å². The Labute approximate surface area is 116 Å². The molecule has 0 saturated heterocycles. The number of nitrogens with one attached hydrogen (secondary N) is 1. The number of rotatable bonds is 6. The van der Waals surface area contributed by atoms with Gasteiger partial charge in [-0.3, -0.25) is 0 Å². The number of hydrogen-bond donors (Lipinski definition) is 1. The fraction of sp³-hybridized carbons (Fsp3) is 0.429. The summed E-state index contributed by atoms with van der Waals surface area (Å²) in [5.41, 5.74) is 2.52. The third kappa shape index (κ3) is 3.26. The van der Waals surface area contributed by atoms with E-state index in [4.69, 9.17) is 9.47 Å². The lowest BCUT2D eigenvalue weighted by atomic mass is 10.0. The molecule has 6 heteroatoms. The van der Waals surface area contributed by atoms with Crippen LogP contribution in [0.1, 0.15) is 11.1 Å². The van der Waals surface area contributed by atoms with Crippen LogP contribution in [0.5, 0.6) is 11.5 Å². The van der Waals surface area contributed by atoms with Gasteiger partial charge in [0, 0.05) is 24.2 Å². The van der Waals surface area contributed by atoms with Crippen molar-refractivity contribution in [3.63, 3.8) is 0 Å². The second-order valence-corrected chi connectivity index (χ2v) is 4.30. The van der Waals surface area contributed by atoms with Crippen LogP contribution < -0.4 is 14.8 Å². The summed E-state index contributed by atoms with van der Waals surface area (Å²) in [4.78, 5) is 0. The third-order valence-corrected chi connectivity index (χ3v) is 3.12. The maximum Gasteiger partial charge on any atom is 0.345 e. The van der Waals surface area contributed by atoms with Crippen molar-refractivity contribution < 1.29 is 23.0 Å². The lowest BCUT2D eigenvalue weighted by Gasteiger charge is -2.15. The van der Waals surface area contributed by atoms with Gasteiger partial charge in [-0.15, -0.1) is 0 Å². The molecule has 1 aromatic carbocycles. The molecule has 0 atom stereocenters. The molecule has 0 fully saturated rings. The third-order valence-electron chi connectivity index (χ3n) is 3.12. The van der Waals surface area contributed by atoms with Crippen molar-refractivity contribution in [1.82, 2.24) is 5.32 Å². The molecule has 1 heterocycles. The quantitative estimate of drug-likeness (QED) is 0.871. The van der Waals surface area contributed by atoms with Gasteiger partial charge in [-0.1, -0.05) is 6.08 Å². The van der Waals surface area contributed by atoms with E-state index in [2.05, 4.69) is 16.1 Å². The Kier molecular flexibility index (Phi) is 4.92. The van der Waals surface area contributed by atoms with Gasteiger partial charge in [0.25, 0.3) is 0 Å². The van der Waals surface area contributed by atoms with Gasteiger partial charge < -0.3 is 19.5 Å². The molecule has 0 amide bonds. The highest BCUT2D eigenvalue weighted by Crippen LogP contribution is 2.34. The zero-order valence-corrected chi connectivity index (χ0v) is 11.4. The molecule has 1 N–H and O–H groups in total. The van der Waals surface area contributed by atoms with Crippen molar-refractivity contribution in [2.45, 2.75) is 13.2 Å². The van der Waals surface area contributed by atoms with E-state index in [1.54, 1.807) is 19.2 Å². The van der Waals surface area contributed by atoms with Crippen LogP contribution in [0.25, 0.3) is 5.57 Å². The minimum atomic E-state index is -2.81. The van der Waals surface area contributed by atoms with Crippen molar-refractivity contribution in [3.8, 4) is 11.5 Å². The average Bonchev–Trinajstić information content (AvgIpc) is 2.98. The molecule has 0 aromatic heterocycles. The predicted octanol–water partition coefficient (Wildman–Crippen LogP) is 2.43. The molecule has 0 unspecified atom stereocenters. The molecule has 0 aliphatic carbocycles. The van der Waals surface area contributed by atoms with Crippen LogP contribution in [0.15, 0.2) is 18.2 Å². The van der Waals surface area contributed by atoms with Gasteiger partial charge in [-0.25, -0.2) is 0 Å². The summed E-state index contributed by atoms with van der Waals surface area (Å²) in [7, 11) is 3.05. The molecule has 1 aliphatic heterocycles. The van der Waals surface area contributed by atoms with E-state index in [9.17, 15) is 8.78 Å². The fourth-order valence-electron chi connectivity index (χ4n) is 2.16. The number of alkyl halides is 2. The van der Waals surface area contributed by atoms with Crippen molar-refractivity contribution in [2.24, 2.45) is 0 Å². The van der Waals surface area contributed by atoms with Crippen LogP contribution in [-0.4, -0.2) is 33.9 Å². The molecule has 0 saturated carbocycles. The van der Waals surface area contributed by atoms with Gasteiger partial charge >= 0.3 is 6.61 Å². The first-order chi connectivity index (χ1) is 9.65. The summed E-state index contributed by atoms with van der Waals surface area (Å²) < 4.78 is 39.2.